The molecule has 2 heterocycles. The lowest BCUT2D eigenvalue weighted by molar-refractivity contribution is 0.591. The number of aromatic amines is 1. The number of hydrogen-bond donors (Lipinski definition) is 1. The van der Waals surface area contributed by atoms with Crippen LogP contribution >= 0.6 is 11.6 Å². The maximum atomic E-state index is 15.6. The van der Waals surface area contributed by atoms with E-state index in [-0.39, 0.29) is 32.7 Å². The number of aryl methyl sites for hydroxylation is 1. The predicted molar refractivity (Wildman–Crippen MR) is 145 cm³/mol. The van der Waals surface area contributed by atoms with Gasteiger partial charge in [0.1, 0.15) is 16.6 Å². The van der Waals surface area contributed by atoms with Crippen molar-refractivity contribution < 1.29 is 13.0 Å². The molecule has 6 nitrogen and oxygen atoms in total. The fourth-order valence-electron chi connectivity index (χ4n) is 3.80. The highest BCUT2D eigenvalue weighted by molar-refractivity contribution is 7.84. The first-order valence-corrected chi connectivity index (χ1v) is 13.3. The van der Waals surface area contributed by atoms with Crippen LogP contribution in [0.15, 0.2) is 80.2 Å². The highest BCUT2D eigenvalue weighted by Gasteiger charge is 2.21. The summed E-state index contributed by atoms with van der Waals surface area (Å²) in [5.41, 5.74) is 0.430. The molecule has 0 spiro atoms. The summed E-state index contributed by atoms with van der Waals surface area (Å²) in [4.78, 5) is 31.0. The smallest absolute Gasteiger partial charge is 0.273 e. The van der Waals surface area contributed by atoms with Crippen molar-refractivity contribution in [1.82, 2.24) is 9.55 Å². The van der Waals surface area contributed by atoms with Gasteiger partial charge in [-0.1, -0.05) is 36.7 Å². The van der Waals surface area contributed by atoms with Crippen LogP contribution in [0.1, 0.15) is 42.1 Å². The van der Waals surface area contributed by atoms with Gasteiger partial charge in [0.05, 0.1) is 21.9 Å². The van der Waals surface area contributed by atoms with E-state index in [4.69, 9.17) is 11.6 Å². The second-order valence-electron chi connectivity index (χ2n) is 8.41. The van der Waals surface area contributed by atoms with E-state index in [2.05, 4.69) is 9.98 Å². The third kappa shape index (κ3) is 6.47. The zero-order valence-corrected chi connectivity index (χ0v) is 22.3. The van der Waals surface area contributed by atoms with Crippen molar-refractivity contribution in [3.63, 3.8) is 0 Å². The zero-order valence-electron chi connectivity index (χ0n) is 20.7. The molecule has 0 amide bonds. The molecular weight excluding hydrogens is 520 g/mol. The molecule has 0 saturated heterocycles. The summed E-state index contributed by atoms with van der Waals surface area (Å²) in [6.45, 7) is 5.18. The molecule has 3 rings (SSSR count). The van der Waals surface area contributed by atoms with Crippen LogP contribution in [0.25, 0.3) is 6.20 Å². The quantitative estimate of drug-likeness (QED) is 0.379. The maximum absolute atomic E-state index is 15.6. The fourth-order valence-corrected chi connectivity index (χ4v) is 4.76. The first-order valence-electron chi connectivity index (χ1n) is 11.3. The number of hydrogen-bond acceptors (Lipinski definition) is 4. The number of allylic oxidation sites excluding steroid dienone is 2. The molecule has 2 aromatic heterocycles. The minimum Gasteiger partial charge on any atom is -0.329 e. The van der Waals surface area contributed by atoms with E-state index in [0.29, 0.717) is 17.7 Å². The fraction of sp³-hybridized carbons (Fsp3) is 0.222. The van der Waals surface area contributed by atoms with Crippen molar-refractivity contribution in [2.45, 2.75) is 38.0 Å². The molecule has 3 aromatic rings. The lowest BCUT2D eigenvalue weighted by atomic mass is 9.94. The topological polar surface area (TPSA) is 84.3 Å². The second-order valence-corrected chi connectivity index (χ2v) is 10.1. The van der Waals surface area contributed by atoms with Gasteiger partial charge in [0, 0.05) is 36.0 Å². The third-order valence-electron chi connectivity index (χ3n) is 5.68. The number of nitrogens with zero attached hydrogens (tertiary/aromatic N) is 2. The number of benzene rings is 1. The van der Waals surface area contributed by atoms with Crippen molar-refractivity contribution in [2.24, 2.45) is 4.99 Å². The summed E-state index contributed by atoms with van der Waals surface area (Å²) >= 11 is 6.42. The van der Waals surface area contributed by atoms with Gasteiger partial charge >= 0.3 is 0 Å². The van der Waals surface area contributed by atoms with E-state index < -0.39 is 28.0 Å². The van der Waals surface area contributed by atoms with E-state index >= 15 is 8.78 Å². The Morgan fingerprint density at radius 2 is 2.00 bits per heavy atom. The summed E-state index contributed by atoms with van der Waals surface area (Å²) in [7, 11) is -1.64. The third-order valence-corrected chi connectivity index (χ3v) is 6.99. The first kappa shape index (κ1) is 28.1. The van der Waals surface area contributed by atoms with Gasteiger partial charge < -0.3 is 4.98 Å². The second kappa shape index (κ2) is 12.2. The standard InChI is InChI=1S/C27H26ClF2N3O3S/c1-5-11-31-26(19-7-6-8-22(25(19)30)37(4)36)21(29)15-33-17(3)13-20(24(28)27(33)35)16(2)12-18-9-10-23(34)32-14-18/h5-11,13-16H,12H2,1-4H3,(H,32,34)/b11-5+,21-15-,31-26+. The van der Waals surface area contributed by atoms with E-state index in [1.165, 1.54) is 36.7 Å². The Morgan fingerprint density at radius 3 is 2.62 bits per heavy atom. The minimum atomic E-state index is -1.64. The predicted octanol–water partition coefficient (Wildman–Crippen LogP) is 5.51. The van der Waals surface area contributed by atoms with Crippen molar-refractivity contribution >= 4 is 34.3 Å². The molecule has 2 unspecified atom stereocenters. The normalized spacial score (nSPS) is 14.2. The Balaban J connectivity index is 2.06. The molecule has 2 atom stereocenters. The molecule has 1 aromatic carbocycles. The van der Waals surface area contributed by atoms with Crippen molar-refractivity contribution in [3.05, 3.63) is 115 Å². The average molecular weight is 546 g/mol. The van der Waals surface area contributed by atoms with Gasteiger partial charge in [0.25, 0.3) is 5.56 Å². The number of halogens is 3. The van der Waals surface area contributed by atoms with Crippen LogP contribution in [0.2, 0.25) is 5.02 Å². The van der Waals surface area contributed by atoms with Crippen LogP contribution in [0.4, 0.5) is 8.78 Å². The van der Waals surface area contributed by atoms with Crippen LogP contribution in [0.5, 0.6) is 0 Å². The minimum absolute atomic E-state index is 0.0759. The highest BCUT2D eigenvalue weighted by Crippen LogP contribution is 2.27. The van der Waals surface area contributed by atoms with Crippen LogP contribution < -0.4 is 11.1 Å². The van der Waals surface area contributed by atoms with Crippen molar-refractivity contribution in [2.75, 3.05) is 6.26 Å². The Kier molecular flexibility index (Phi) is 9.29. The number of H-pyrrole nitrogens is 1. The molecule has 0 aliphatic carbocycles. The Bertz CT molecular complexity index is 1540. The highest BCUT2D eigenvalue weighted by atomic mass is 35.5. The number of aliphatic imine (C=N–C) groups is 1. The number of pyridine rings is 2. The molecule has 1 N–H and O–H groups in total. The molecule has 0 radical (unpaired) electrons. The number of rotatable bonds is 8. The van der Waals surface area contributed by atoms with Crippen LogP contribution in [0.3, 0.4) is 0 Å². The first-order chi connectivity index (χ1) is 17.5. The molecule has 37 heavy (non-hydrogen) atoms. The van der Waals surface area contributed by atoms with Gasteiger partial charge in [-0.3, -0.25) is 23.4 Å². The lowest BCUT2D eigenvalue weighted by Gasteiger charge is -2.16. The lowest BCUT2D eigenvalue weighted by Crippen LogP contribution is -2.22. The molecular formula is C27H26ClF2N3O3S. The largest absolute Gasteiger partial charge is 0.329 e. The number of aromatic nitrogens is 2. The molecule has 10 heteroatoms. The SMILES string of the molecule is C/C=C/N=C(/C(F)=C/n1c(C)cc(C(C)Cc2ccc(=O)[nH]c2)c(Cl)c1=O)c1cccc(S(C)=O)c1F. The average Bonchev–Trinajstić information content (AvgIpc) is 2.86. The van der Waals surface area contributed by atoms with E-state index in [0.717, 1.165) is 16.3 Å². The summed E-state index contributed by atoms with van der Waals surface area (Å²) in [5, 5.41) is -0.0759. The van der Waals surface area contributed by atoms with Gasteiger partial charge in [-0.2, -0.15) is 0 Å². The van der Waals surface area contributed by atoms with E-state index in [1.807, 2.05) is 6.92 Å². The van der Waals surface area contributed by atoms with E-state index in [1.54, 1.807) is 38.3 Å². The van der Waals surface area contributed by atoms with Crippen LogP contribution in [0, 0.1) is 12.7 Å². The monoisotopic (exact) mass is 545 g/mol. The number of nitrogens with one attached hydrogen (secondary N) is 1. The molecule has 0 fully saturated rings. The molecule has 0 saturated carbocycles. The zero-order chi connectivity index (χ0) is 27.3. The Morgan fingerprint density at radius 1 is 1.27 bits per heavy atom. The van der Waals surface area contributed by atoms with Gasteiger partial charge in [0.15, 0.2) is 5.83 Å². The van der Waals surface area contributed by atoms with Crippen LogP contribution in [-0.2, 0) is 17.2 Å². The summed E-state index contributed by atoms with van der Waals surface area (Å²) in [5.74, 6) is -2.01. The van der Waals surface area contributed by atoms with Gasteiger partial charge in [0.2, 0.25) is 5.56 Å². The van der Waals surface area contributed by atoms with Crippen molar-refractivity contribution in [1.29, 1.82) is 0 Å². The van der Waals surface area contributed by atoms with Gasteiger partial charge in [-0.25, -0.2) is 8.78 Å². The Labute approximate surface area is 220 Å². The van der Waals surface area contributed by atoms with Gasteiger partial charge in [-0.15, -0.1) is 0 Å². The summed E-state index contributed by atoms with van der Waals surface area (Å²) < 4.78 is 43.6. The van der Waals surface area contributed by atoms with Crippen LogP contribution in [-0.4, -0.2) is 25.7 Å². The Hall–Kier alpha value is -3.43. The summed E-state index contributed by atoms with van der Waals surface area (Å²) in [6.07, 6.45) is 7.19. The molecule has 0 aliphatic rings. The molecule has 0 bridgehead atoms. The maximum Gasteiger partial charge on any atom is 0.273 e. The molecule has 194 valence electrons. The summed E-state index contributed by atoms with van der Waals surface area (Å²) in [6, 6.07) is 8.94. The van der Waals surface area contributed by atoms with E-state index in [9.17, 15) is 13.8 Å². The van der Waals surface area contributed by atoms with Gasteiger partial charge in [-0.05, 0) is 55.5 Å². The molecule has 0 aliphatic heterocycles. The van der Waals surface area contributed by atoms with Crippen molar-refractivity contribution in [3.8, 4) is 0 Å².